The summed E-state index contributed by atoms with van der Waals surface area (Å²) in [4.78, 5) is 9.76. The van der Waals surface area contributed by atoms with Crippen molar-refractivity contribution in [1.29, 1.82) is 0 Å². The Kier molecular flexibility index (Phi) is 4.01. The van der Waals surface area contributed by atoms with Crippen molar-refractivity contribution in [2.75, 3.05) is 12.8 Å². The summed E-state index contributed by atoms with van der Waals surface area (Å²) in [5, 5.41) is 8.05. The molecule has 0 aliphatic heterocycles. The summed E-state index contributed by atoms with van der Waals surface area (Å²) in [6.07, 6.45) is 1.16. The van der Waals surface area contributed by atoms with Crippen molar-refractivity contribution < 1.29 is 9.90 Å². The van der Waals surface area contributed by atoms with E-state index in [-0.39, 0.29) is 0 Å². The van der Waals surface area contributed by atoms with Crippen LogP contribution in [0.2, 0.25) is 0 Å². The average Bonchev–Trinajstić information content (AvgIpc) is 1.61. The first-order chi connectivity index (χ1) is 3.27. The van der Waals surface area contributed by atoms with E-state index in [4.69, 9.17) is 5.11 Å². The smallest absolute Gasteiger partial charge is 0.303 e. The van der Waals surface area contributed by atoms with Gasteiger partial charge in [0.25, 0.3) is 0 Å². The number of aliphatic carboxylic acids is 1. The van der Waals surface area contributed by atoms with Crippen LogP contribution in [0, 0.1) is 0 Å². The fourth-order valence-corrected chi connectivity index (χ4v) is 0.696. The topological polar surface area (TPSA) is 37.3 Å². The number of carboxylic acids is 1. The Morgan fingerprint density at radius 2 is 2.43 bits per heavy atom. The summed E-state index contributed by atoms with van der Waals surface area (Å²) in [7, 11) is 0.770. The molecule has 0 fully saturated rings. The van der Waals surface area contributed by atoms with Crippen molar-refractivity contribution in [1.82, 2.24) is 0 Å². The Hall–Kier alpha value is -0.100. The zero-order chi connectivity index (χ0) is 5.70. The van der Waals surface area contributed by atoms with Gasteiger partial charge in [0.15, 0.2) is 0 Å². The van der Waals surface area contributed by atoms with E-state index in [9.17, 15) is 4.79 Å². The van der Waals surface area contributed by atoms with Crippen LogP contribution in [0.4, 0.5) is 0 Å². The molecule has 1 atom stereocenters. The second kappa shape index (κ2) is 4.07. The molecule has 1 unspecified atom stereocenters. The van der Waals surface area contributed by atoms with E-state index in [2.05, 4.69) is 0 Å². The largest absolute Gasteiger partial charge is 0.481 e. The first-order valence-corrected chi connectivity index (χ1v) is 3.84. The van der Waals surface area contributed by atoms with Crippen LogP contribution in [0.15, 0.2) is 0 Å². The number of hydrogen-bond donors (Lipinski definition) is 1. The Bertz CT molecular complexity index is 62.7. The summed E-state index contributed by atoms with van der Waals surface area (Å²) >= 11 is 0. The molecule has 0 rings (SSSR count). The van der Waals surface area contributed by atoms with E-state index in [1.165, 1.54) is 0 Å². The highest BCUT2D eigenvalue weighted by atomic mass is 31.1. The SMILES string of the molecule is CPCCC(=O)O. The van der Waals surface area contributed by atoms with Crippen molar-refractivity contribution in [2.24, 2.45) is 0 Å². The number of rotatable bonds is 3. The standard InChI is InChI=1S/C4H9O2P/c1-7-3-2-4(5)6/h7H,2-3H2,1H3,(H,5,6). The molecule has 2 nitrogen and oxygen atoms in total. The molecule has 0 aliphatic rings. The maximum Gasteiger partial charge on any atom is 0.303 e. The van der Waals surface area contributed by atoms with Gasteiger partial charge in [0, 0.05) is 6.42 Å². The van der Waals surface area contributed by atoms with Crippen molar-refractivity contribution in [3.05, 3.63) is 0 Å². The maximum atomic E-state index is 9.76. The number of carbonyl (C=O) groups is 1. The minimum absolute atomic E-state index is 0.328. The minimum Gasteiger partial charge on any atom is -0.481 e. The Morgan fingerprint density at radius 3 is 2.57 bits per heavy atom. The van der Waals surface area contributed by atoms with Gasteiger partial charge in [-0.15, -0.1) is 8.58 Å². The average molecular weight is 120 g/mol. The quantitative estimate of drug-likeness (QED) is 0.558. The van der Waals surface area contributed by atoms with Crippen molar-refractivity contribution >= 4 is 14.6 Å². The van der Waals surface area contributed by atoms with Gasteiger partial charge < -0.3 is 5.11 Å². The lowest BCUT2D eigenvalue weighted by Crippen LogP contribution is -1.93. The van der Waals surface area contributed by atoms with Gasteiger partial charge in [-0.3, -0.25) is 4.79 Å². The molecular formula is C4H9O2P. The third kappa shape index (κ3) is 5.90. The molecule has 0 saturated heterocycles. The summed E-state index contributed by atoms with van der Waals surface area (Å²) < 4.78 is 0. The maximum absolute atomic E-state index is 9.76. The first kappa shape index (κ1) is 6.90. The lowest BCUT2D eigenvalue weighted by molar-refractivity contribution is -0.136. The van der Waals surface area contributed by atoms with E-state index in [0.717, 1.165) is 14.7 Å². The zero-order valence-electron chi connectivity index (χ0n) is 4.27. The van der Waals surface area contributed by atoms with Crippen molar-refractivity contribution in [3.63, 3.8) is 0 Å². The predicted octanol–water partition coefficient (Wildman–Crippen LogP) is 0.769. The van der Waals surface area contributed by atoms with Gasteiger partial charge in [0.1, 0.15) is 0 Å². The molecular weight excluding hydrogens is 111 g/mol. The summed E-state index contributed by atoms with van der Waals surface area (Å²) in [5.74, 6) is -0.686. The normalized spacial score (nSPS) is 10.4. The Morgan fingerprint density at radius 1 is 1.86 bits per heavy atom. The van der Waals surface area contributed by atoms with E-state index < -0.39 is 5.97 Å². The third-order valence-electron chi connectivity index (χ3n) is 0.589. The summed E-state index contributed by atoms with van der Waals surface area (Å²) in [5.41, 5.74) is 0. The van der Waals surface area contributed by atoms with Gasteiger partial charge >= 0.3 is 5.97 Å². The molecule has 42 valence electrons. The van der Waals surface area contributed by atoms with Crippen LogP contribution >= 0.6 is 8.58 Å². The van der Waals surface area contributed by atoms with Gasteiger partial charge in [0.2, 0.25) is 0 Å². The first-order valence-electron chi connectivity index (χ1n) is 2.13. The highest BCUT2D eigenvalue weighted by Gasteiger charge is 1.90. The van der Waals surface area contributed by atoms with Crippen LogP contribution in [-0.4, -0.2) is 23.9 Å². The second-order valence-electron chi connectivity index (χ2n) is 1.25. The van der Waals surface area contributed by atoms with Crippen LogP contribution in [-0.2, 0) is 4.79 Å². The highest BCUT2D eigenvalue weighted by Crippen LogP contribution is 2.02. The summed E-state index contributed by atoms with van der Waals surface area (Å²) in [6.45, 7) is 2.00. The fraction of sp³-hybridized carbons (Fsp3) is 0.750. The zero-order valence-corrected chi connectivity index (χ0v) is 5.27. The van der Waals surface area contributed by atoms with Crippen molar-refractivity contribution in [2.45, 2.75) is 6.42 Å². The molecule has 0 heterocycles. The predicted molar refractivity (Wildman–Crippen MR) is 31.4 cm³/mol. The summed E-state index contributed by atoms with van der Waals surface area (Å²) in [6, 6.07) is 0. The van der Waals surface area contributed by atoms with Gasteiger partial charge in [-0.1, -0.05) is 0 Å². The second-order valence-corrected chi connectivity index (χ2v) is 2.45. The molecule has 0 amide bonds. The lowest BCUT2D eigenvalue weighted by Gasteiger charge is -1.86. The molecule has 0 aromatic rings. The molecule has 7 heavy (non-hydrogen) atoms. The fourth-order valence-electron chi connectivity index (χ4n) is 0.232. The van der Waals surface area contributed by atoms with E-state index in [0.29, 0.717) is 6.42 Å². The van der Waals surface area contributed by atoms with Crippen LogP contribution in [0.25, 0.3) is 0 Å². The number of carboxylic acid groups (broad SMARTS) is 1. The third-order valence-corrected chi connectivity index (χ3v) is 1.34. The molecule has 1 N–H and O–H groups in total. The van der Waals surface area contributed by atoms with Crippen LogP contribution in [0.1, 0.15) is 6.42 Å². The highest BCUT2D eigenvalue weighted by molar-refractivity contribution is 7.37. The minimum atomic E-state index is -0.686. The van der Waals surface area contributed by atoms with Gasteiger partial charge in [0.05, 0.1) is 0 Å². The molecule has 0 spiro atoms. The van der Waals surface area contributed by atoms with Crippen LogP contribution < -0.4 is 0 Å². The van der Waals surface area contributed by atoms with E-state index >= 15 is 0 Å². The molecule has 0 aliphatic carbocycles. The van der Waals surface area contributed by atoms with E-state index in [1.54, 1.807) is 0 Å². The molecule has 0 radical (unpaired) electrons. The van der Waals surface area contributed by atoms with Gasteiger partial charge in [-0.25, -0.2) is 0 Å². The molecule has 0 aromatic carbocycles. The Balaban J connectivity index is 2.82. The van der Waals surface area contributed by atoms with Crippen LogP contribution in [0.5, 0.6) is 0 Å². The van der Waals surface area contributed by atoms with Gasteiger partial charge in [-0.05, 0) is 12.8 Å². The van der Waals surface area contributed by atoms with Crippen LogP contribution in [0.3, 0.4) is 0 Å². The molecule has 0 aromatic heterocycles. The lowest BCUT2D eigenvalue weighted by atomic mass is 10.5. The molecule has 0 saturated carbocycles. The Labute approximate surface area is 44.7 Å². The molecule has 0 bridgehead atoms. The molecule has 3 heteroatoms. The number of hydrogen-bond acceptors (Lipinski definition) is 1. The van der Waals surface area contributed by atoms with Gasteiger partial charge in [-0.2, -0.15) is 0 Å². The van der Waals surface area contributed by atoms with Crippen molar-refractivity contribution in [3.8, 4) is 0 Å². The monoisotopic (exact) mass is 120 g/mol. The van der Waals surface area contributed by atoms with E-state index in [1.807, 2.05) is 6.66 Å².